The van der Waals surface area contributed by atoms with Crippen LogP contribution in [0, 0.1) is 11.8 Å². The summed E-state index contributed by atoms with van der Waals surface area (Å²) in [5.74, 6) is 1.22. The van der Waals surface area contributed by atoms with Crippen LogP contribution in [0.3, 0.4) is 0 Å². The summed E-state index contributed by atoms with van der Waals surface area (Å²) in [6.07, 6.45) is 5.22. The van der Waals surface area contributed by atoms with Crippen molar-refractivity contribution in [1.29, 1.82) is 0 Å². The maximum absolute atomic E-state index is 9.48. The standard InChI is InChI=1S/C13H26N2O/c1-2-15-7-5-11(6-8-15)12(10-16)9-14-13-3-4-13/h11-14,16H,2-10H2,1H3. The molecule has 0 aromatic carbocycles. The van der Waals surface area contributed by atoms with Gasteiger partial charge in [0.25, 0.3) is 0 Å². The summed E-state index contributed by atoms with van der Waals surface area (Å²) in [7, 11) is 0. The monoisotopic (exact) mass is 226 g/mol. The lowest BCUT2D eigenvalue weighted by Crippen LogP contribution is -2.40. The molecule has 1 heterocycles. The molecule has 2 rings (SSSR count). The maximum Gasteiger partial charge on any atom is 0.0474 e. The van der Waals surface area contributed by atoms with Crippen molar-refractivity contribution in [3.63, 3.8) is 0 Å². The van der Waals surface area contributed by atoms with Gasteiger partial charge in [-0.2, -0.15) is 0 Å². The second kappa shape index (κ2) is 5.99. The second-order valence-electron chi connectivity index (χ2n) is 5.40. The van der Waals surface area contributed by atoms with Gasteiger partial charge >= 0.3 is 0 Å². The highest BCUT2D eigenvalue weighted by molar-refractivity contribution is 4.84. The molecule has 1 unspecified atom stereocenters. The number of aliphatic hydroxyl groups excluding tert-OH is 1. The molecule has 1 saturated heterocycles. The van der Waals surface area contributed by atoms with Gasteiger partial charge < -0.3 is 15.3 Å². The number of rotatable bonds is 6. The smallest absolute Gasteiger partial charge is 0.0474 e. The van der Waals surface area contributed by atoms with Gasteiger partial charge in [-0.05, 0) is 57.2 Å². The number of aliphatic hydroxyl groups is 1. The Hall–Kier alpha value is -0.120. The molecule has 3 nitrogen and oxygen atoms in total. The molecule has 3 heteroatoms. The summed E-state index contributed by atoms with van der Waals surface area (Å²) in [5.41, 5.74) is 0. The molecule has 94 valence electrons. The van der Waals surface area contributed by atoms with Crippen LogP contribution in [0.5, 0.6) is 0 Å². The van der Waals surface area contributed by atoms with Crippen LogP contribution in [0.4, 0.5) is 0 Å². The van der Waals surface area contributed by atoms with Gasteiger partial charge in [0.2, 0.25) is 0 Å². The van der Waals surface area contributed by atoms with Crippen LogP contribution < -0.4 is 5.32 Å². The molecule has 16 heavy (non-hydrogen) atoms. The van der Waals surface area contributed by atoms with Crippen molar-refractivity contribution < 1.29 is 5.11 Å². The van der Waals surface area contributed by atoms with E-state index in [0.717, 1.165) is 18.5 Å². The molecule has 2 fully saturated rings. The Balaban J connectivity index is 1.71. The van der Waals surface area contributed by atoms with E-state index >= 15 is 0 Å². The van der Waals surface area contributed by atoms with E-state index < -0.39 is 0 Å². The van der Waals surface area contributed by atoms with Gasteiger partial charge in [-0.15, -0.1) is 0 Å². The van der Waals surface area contributed by atoms with E-state index in [2.05, 4.69) is 17.1 Å². The summed E-state index contributed by atoms with van der Waals surface area (Å²) in [6, 6.07) is 0.768. The zero-order valence-electron chi connectivity index (χ0n) is 10.5. The third-order valence-corrected chi connectivity index (χ3v) is 4.23. The predicted octanol–water partition coefficient (Wildman–Crippen LogP) is 1.08. The van der Waals surface area contributed by atoms with E-state index in [1.807, 2.05) is 0 Å². The van der Waals surface area contributed by atoms with Gasteiger partial charge in [0.05, 0.1) is 0 Å². The Bertz CT molecular complexity index is 198. The van der Waals surface area contributed by atoms with Crippen LogP contribution in [-0.4, -0.2) is 48.8 Å². The highest BCUT2D eigenvalue weighted by atomic mass is 16.3. The van der Waals surface area contributed by atoms with Crippen molar-refractivity contribution in [3.05, 3.63) is 0 Å². The van der Waals surface area contributed by atoms with E-state index in [9.17, 15) is 5.11 Å². The van der Waals surface area contributed by atoms with Crippen molar-refractivity contribution in [2.24, 2.45) is 11.8 Å². The molecule has 1 aliphatic carbocycles. The van der Waals surface area contributed by atoms with Crippen molar-refractivity contribution in [3.8, 4) is 0 Å². The largest absolute Gasteiger partial charge is 0.396 e. The van der Waals surface area contributed by atoms with Crippen LogP contribution >= 0.6 is 0 Å². The Kier molecular flexibility index (Phi) is 4.62. The van der Waals surface area contributed by atoms with Crippen LogP contribution in [0.1, 0.15) is 32.6 Å². The molecule has 1 aliphatic heterocycles. The number of piperidine rings is 1. The minimum Gasteiger partial charge on any atom is -0.396 e. The summed E-state index contributed by atoms with van der Waals surface area (Å²) in [5, 5.41) is 13.0. The van der Waals surface area contributed by atoms with Crippen molar-refractivity contribution in [2.75, 3.05) is 32.8 Å². The summed E-state index contributed by atoms with van der Waals surface area (Å²) < 4.78 is 0. The number of likely N-dealkylation sites (tertiary alicyclic amines) is 1. The van der Waals surface area contributed by atoms with Crippen LogP contribution in [0.15, 0.2) is 0 Å². The minimum absolute atomic E-state index is 0.358. The van der Waals surface area contributed by atoms with E-state index in [-0.39, 0.29) is 0 Å². The second-order valence-corrected chi connectivity index (χ2v) is 5.40. The molecular formula is C13H26N2O. The summed E-state index contributed by atoms with van der Waals surface area (Å²) in [4.78, 5) is 2.51. The molecule has 2 N–H and O–H groups in total. The van der Waals surface area contributed by atoms with Gasteiger partial charge in [-0.3, -0.25) is 0 Å². The lowest BCUT2D eigenvalue weighted by Gasteiger charge is -2.35. The van der Waals surface area contributed by atoms with E-state index in [1.54, 1.807) is 0 Å². The third kappa shape index (κ3) is 3.44. The molecule has 0 aromatic rings. The Labute approximate surface area is 99.2 Å². The lowest BCUT2D eigenvalue weighted by molar-refractivity contribution is 0.108. The van der Waals surface area contributed by atoms with Gasteiger partial charge in [-0.25, -0.2) is 0 Å². The summed E-state index contributed by atoms with van der Waals surface area (Å²) >= 11 is 0. The molecule has 1 saturated carbocycles. The van der Waals surface area contributed by atoms with Crippen LogP contribution in [-0.2, 0) is 0 Å². The van der Waals surface area contributed by atoms with E-state index in [0.29, 0.717) is 12.5 Å². The van der Waals surface area contributed by atoms with E-state index in [4.69, 9.17) is 0 Å². The molecule has 0 bridgehead atoms. The fraction of sp³-hybridized carbons (Fsp3) is 1.00. The first-order chi connectivity index (χ1) is 7.83. The fourth-order valence-electron chi connectivity index (χ4n) is 2.73. The van der Waals surface area contributed by atoms with Crippen LogP contribution in [0.2, 0.25) is 0 Å². The Morgan fingerprint density at radius 3 is 2.44 bits per heavy atom. The molecule has 2 aliphatic rings. The van der Waals surface area contributed by atoms with Crippen molar-refractivity contribution >= 4 is 0 Å². The zero-order valence-corrected chi connectivity index (χ0v) is 10.5. The molecule has 1 atom stereocenters. The quantitative estimate of drug-likeness (QED) is 0.711. The Morgan fingerprint density at radius 1 is 1.25 bits per heavy atom. The fourth-order valence-corrected chi connectivity index (χ4v) is 2.73. The average Bonchev–Trinajstić information content (AvgIpc) is 3.15. The molecule has 0 radical (unpaired) electrons. The van der Waals surface area contributed by atoms with Crippen molar-refractivity contribution in [2.45, 2.75) is 38.6 Å². The Morgan fingerprint density at radius 2 is 1.94 bits per heavy atom. The van der Waals surface area contributed by atoms with Gasteiger partial charge in [0.15, 0.2) is 0 Å². The molecule has 0 spiro atoms. The topological polar surface area (TPSA) is 35.5 Å². The van der Waals surface area contributed by atoms with E-state index in [1.165, 1.54) is 45.3 Å². The summed E-state index contributed by atoms with van der Waals surface area (Å²) in [6.45, 7) is 7.24. The molecular weight excluding hydrogens is 200 g/mol. The number of hydrogen-bond acceptors (Lipinski definition) is 3. The SMILES string of the molecule is CCN1CCC(C(CO)CNC2CC2)CC1. The van der Waals surface area contributed by atoms with Gasteiger partial charge in [-0.1, -0.05) is 6.92 Å². The zero-order chi connectivity index (χ0) is 11.4. The lowest BCUT2D eigenvalue weighted by atomic mass is 9.84. The number of hydrogen-bond donors (Lipinski definition) is 2. The normalized spacial score (nSPS) is 25.9. The minimum atomic E-state index is 0.358. The first kappa shape index (κ1) is 12.3. The first-order valence-corrected chi connectivity index (χ1v) is 6.90. The highest BCUT2D eigenvalue weighted by Gasteiger charge is 2.27. The number of nitrogens with one attached hydrogen (secondary N) is 1. The molecule has 0 amide bonds. The molecule has 0 aromatic heterocycles. The van der Waals surface area contributed by atoms with Crippen LogP contribution in [0.25, 0.3) is 0 Å². The van der Waals surface area contributed by atoms with Gasteiger partial charge in [0.1, 0.15) is 0 Å². The first-order valence-electron chi connectivity index (χ1n) is 6.90. The van der Waals surface area contributed by atoms with Gasteiger partial charge in [0, 0.05) is 19.2 Å². The van der Waals surface area contributed by atoms with Crippen molar-refractivity contribution in [1.82, 2.24) is 10.2 Å². The highest BCUT2D eigenvalue weighted by Crippen LogP contribution is 2.26. The number of nitrogens with zero attached hydrogens (tertiary/aromatic N) is 1. The predicted molar refractivity (Wildman–Crippen MR) is 66.4 cm³/mol. The average molecular weight is 226 g/mol. The maximum atomic E-state index is 9.48. The third-order valence-electron chi connectivity index (χ3n) is 4.23.